The minimum Gasteiger partial charge on any atom is -0.0616 e. The molecular weight excluding hydrogens is 504 g/mol. The van der Waals surface area contributed by atoms with Gasteiger partial charge in [0.15, 0.2) is 0 Å². The third kappa shape index (κ3) is 4.47. The number of benzene rings is 7. The molecule has 0 radical (unpaired) electrons. The van der Waals surface area contributed by atoms with Gasteiger partial charge >= 0.3 is 0 Å². The van der Waals surface area contributed by atoms with Gasteiger partial charge in [-0.25, -0.2) is 0 Å². The van der Waals surface area contributed by atoms with E-state index in [1.165, 1.54) is 76.5 Å². The van der Waals surface area contributed by atoms with Gasteiger partial charge in [0.1, 0.15) is 0 Å². The lowest BCUT2D eigenvalue weighted by atomic mass is 9.79. The summed E-state index contributed by atoms with van der Waals surface area (Å²) in [5.41, 5.74) is 7.97. The molecule has 0 heterocycles. The highest BCUT2D eigenvalue weighted by molar-refractivity contribution is 6.22. The highest BCUT2D eigenvalue weighted by Gasteiger charge is 2.22. The summed E-state index contributed by atoms with van der Waals surface area (Å²) in [5.74, 6) is 0. The summed E-state index contributed by atoms with van der Waals surface area (Å²) in [6, 6.07) is 45.7. The van der Waals surface area contributed by atoms with Gasteiger partial charge in [-0.2, -0.15) is 0 Å². The molecule has 7 aromatic carbocycles. The van der Waals surface area contributed by atoms with E-state index in [4.69, 9.17) is 0 Å². The third-order valence-electron chi connectivity index (χ3n) is 8.92. The van der Waals surface area contributed by atoms with E-state index >= 15 is 0 Å². The molecule has 0 nitrogen and oxygen atoms in total. The average molecular weight is 543 g/mol. The standard InChI is InChI=1S/C42H38/c1-41(2,3)33-19-21-35-37(25-33)40(32-18-16-28-12-8-10-14-30(28)24-32)38-26-34(42(4,5)6)20-22-36(38)39(35)31-17-15-27-11-7-9-13-29(27)23-31/h7-26H,1-6H3. The summed E-state index contributed by atoms with van der Waals surface area (Å²) in [7, 11) is 0. The molecule has 0 saturated carbocycles. The zero-order valence-electron chi connectivity index (χ0n) is 25.5. The van der Waals surface area contributed by atoms with Crippen molar-refractivity contribution in [3.63, 3.8) is 0 Å². The monoisotopic (exact) mass is 542 g/mol. The van der Waals surface area contributed by atoms with E-state index in [9.17, 15) is 0 Å². The highest BCUT2D eigenvalue weighted by Crippen LogP contribution is 2.46. The molecule has 0 N–H and O–H groups in total. The highest BCUT2D eigenvalue weighted by atomic mass is 14.3. The van der Waals surface area contributed by atoms with Crippen LogP contribution < -0.4 is 0 Å². The molecule has 0 spiro atoms. The zero-order valence-corrected chi connectivity index (χ0v) is 25.5. The second-order valence-electron chi connectivity index (χ2n) is 13.9. The van der Waals surface area contributed by atoms with Gasteiger partial charge in [0.25, 0.3) is 0 Å². The predicted octanol–water partition coefficient (Wildman–Crippen LogP) is 12.2. The first kappa shape index (κ1) is 26.5. The number of fused-ring (bicyclic) bond motifs is 4. The van der Waals surface area contributed by atoms with Crippen LogP contribution in [0.25, 0.3) is 65.3 Å². The van der Waals surface area contributed by atoms with Crippen molar-refractivity contribution in [1.82, 2.24) is 0 Å². The lowest BCUT2D eigenvalue weighted by Crippen LogP contribution is -2.11. The van der Waals surface area contributed by atoms with E-state index in [0.717, 1.165) is 0 Å². The maximum Gasteiger partial charge on any atom is -0.00259 e. The molecule has 7 aromatic rings. The van der Waals surface area contributed by atoms with Gasteiger partial charge in [0, 0.05) is 0 Å². The summed E-state index contributed by atoms with van der Waals surface area (Å²) < 4.78 is 0. The predicted molar refractivity (Wildman–Crippen MR) is 185 cm³/mol. The first-order valence-electron chi connectivity index (χ1n) is 15.1. The smallest absolute Gasteiger partial charge is 0.00259 e. The molecule has 0 heteroatoms. The van der Waals surface area contributed by atoms with Gasteiger partial charge in [0.2, 0.25) is 0 Å². The van der Waals surface area contributed by atoms with Crippen molar-refractivity contribution in [2.45, 2.75) is 52.4 Å². The SMILES string of the molecule is CC(C)(C)c1ccc2c(-c3ccc4ccccc4c3)c3ccc(C(C)(C)C)cc3c(-c3ccc4ccccc4c3)c2c1. The summed E-state index contributed by atoms with van der Waals surface area (Å²) >= 11 is 0. The van der Waals surface area contributed by atoms with Crippen LogP contribution in [0.15, 0.2) is 121 Å². The molecule has 42 heavy (non-hydrogen) atoms. The summed E-state index contributed by atoms with van der Waals surface area (Å²) in [5, 5.41) is 10.3. The maximum absolute atomic E-state index is 2.47. The molecule has 0 aliphatic carbocycles. The fraction of sp³-hybridized carbons (Fsp3) is 0.190. The Balaban J connectivity index is 1.68. The Hall–Kier alpha value is -4.42. The van der Waals surface area contributed by atoms with Crippen LogP contribution in [-0.2, 0) is 10.8 Å². The minimum atomic E-state index is 0.0418. The maximum atomic E-state index is 2.47. The molecule has 0 saturated heterocycles. The lowest BCUT2D eigenvalue weighted by Gasteiger charge is -2.25. The van der Waals surface area contributed by atoms with Crippen LogP contribution in [0.2, 0.25) is 0 Å². The van der Waals surface area contributed by atoms with Gasteiger partial charge in [-0.05, 0) is 112 Å². The average Bonchev–Trinajstić information content (AvgIpc) is 2.98. The summed E-state index contributed by atoms with van der Waals surface area (Å²) in [4.78, 5) is 0. The normalized spacial score (nSPS) is 12.5. The minimum absolute atomic E-state index is 0.0418. The van der Waals surface area contributed by atoms with Crippen LogP contribution in [0, 0.1) is 0 Å². The van der Waals surface area contributed by atoms with Crippen molar-refractivity contribution < 1.29 is 0 Å². The molecule has 0 aliphatic rings. The van der Waals surface area contributed by atoms with E-state index in [1.807, 2.05) is 0 Å². The molecule has 0 amide bonds. The number of rotatable bonds is 2. The molecule has 7 rings (SSSR count). The largest absolute Gasteiger partial charge is 0.0616 e. The molecule has 0 aromatic heterocycles. The van der Waals surface area contributed by atoms with Crippen molar-refractivity contribution in [2.75, 3.05) is 0 Å². The molecule has 0 fully saturated rings. The summed E-state index contributed by atoms with van der Waals surface area (Å²) in [6.07, 6.45) is 0. The molecular formula is C42H38. The van der Waals surface area contributed by atoms with Crippen LogP contribution in [-0.4, -0.2) is 0 Å². The number of hydrogen-bond donors (Lipinski definition) is 0. The van der Waals surface area contributed by atoms with E-state index in [2.05, 4.69) is 163 Å². The van der Waals surface area contributed by atoms with E-state index in [1.54, 1.807) is 0 Å². The number of hydrogen-bond acceptors (Lipinski definition) is 0. The first-order valence-corrected chi connectivity index (χ1v) is 15.1. The Kier molecular flexibility index (Phi) is 6.03. The summed E-state index contributed by atoms with van der Waals surface area (Å²) in [6.45, 7) is 13.9. The van der Waals surface area contributed by atoms with E-state index < -0.39 is 0 Å². The second-order valence-corrected chi connectivity index (χ2v) is 13.9. The van der Waals surface area contributed by atoms with Gasteiger partial charge in [0.05, 0.1) is 0 Å². The Labute approximate surface area is 249 Å². The Bertz CT molecular complexity index is 2070. The topological polar surface area (TPSA) is 0 Å². The van der Waals surface area contributed by atoms with Crippen molar-refractivity contribution in [3.8, 4) is 22.3 Å². The van der Waals surface area contributed by atoms with Gasteiger partial charge < -0.3 is 0 Å². The van der Waals surface area contributed by atoms with Gasteiger partial charge in [-0.1, -0.05) is 139 Å². The fourth-order valence-electron chi connectivity index (χ4n) is 6.47. The lowest BCUT2D eigenvalue weighted by molar-refractivity contribution is 0.591. The van der Waals surface area contributed by atoms with E-state index in [0.29, 0.717) is 0 Å². The van der Waals surface area contributed by atoms with Crippen molar-refractivity contribution in [3.05, 3.63) is 132 Å². The van der Waals surface area contributed by atoms with Crippen LogP contribution in [0.5, 0.6) is 0 Å². The molecule has 0 bridgehead atoms. The third-order valence-corrected chi connectivity index (χ3v) is 8.92. The Morgan fingerprint density at radius 2 is 0.714 bits per heavy atom. The van der Waals surface area contributed by atoms with Crippen LogP contribution in [0.3, 0.4) is 0 Å². The van der Waals surface area contributed by atoms with Crippen molar-refractivity contribution >= 4 is 43.1 Å². The molecule has 0 atom stereocenters. The van der Waals surface area contributed by atoms with Crippen molar-refractivity contribution in [1.29, 1.82) is 0 Å². The molecule has 0 unspecified atom stereocenters. The van der Waals surface area contributed by atoms with Gasteiger partial charge in [-0.3, -0.25) is 0 Å². The molecule has 206 valence electrons. The fourth-order valence-corrected chi connectivity index (χ4v) is 6.47. The van der Waals surface area contributed by atoms with Crippen LogP contribution in [0.4, 0.5) is 0 Å². The zero-order chi connectivity index (χ0) is 29.2. The van der Waals surface area contributed by atoms with Crippen LogP contribution in [0.1, 0.15) is 52.7 Å². The Morgan fingerprint density at radius 3 is 1.12 bits per heavy atom. The van der Waals surface area contributed by atoms with Gasteiger partial charge in [-0.15, -0.1) is 0 Å². The molecule has 0 aliphatic heterocycles. The van der Waals surface area contributed by atoms with Crippen LogP contribution >= 0.6 is 0 Å². The van der Waals surface area contributed by atoms with E-state index in [-0.39, 0.29) is 10.8 Å². The second kappa shape index (κ2) is 9.57. The Morgan fingerprint density at radius 1 is 0.333 bits per heavy atom. The quantitative estimate of drug-likeness (QED) is 0.191. The van der Waals surface area contributed by atoms with Crippen molar-refractivity contribution in [2.24, 2.45) is 0 Å². The first-order chi connectivity index (χ1) is 20.1.